The lowest BCUT2D eigenvalue weighted by atomic mass is 10.0. The number of nitrogens with zero attached hydrogens (tertiary/aromatic N) is 1. The lowest BCUT2D eigenvalue weighted by Crippen LogP contribution is -2.07. The molecule has 0 atom stereocenters. The van der Waals surface area contributed by atoms with Crippen LogP contribution in [0.1, 0.15) is 35.5 Å². The third kappa shape index (κ3) is 3.29. The fraction of sp³-hybridized carbons (Fsp3) is 0.375. The number of aromatic nitrogens is 1. The molecule has 4 nitrogen and oxygen atoms in total. The minimum atomic E-state index is -0.305. The van der Waals surface area contributed by atoms with Gasteiger partial charge in [0.1, 0.15) is 0 Å². The molecular formula is C16H19NO3S. The molecular weight excluding hydrogens is 286 g/mol. The Morgan fingerprint density at radius 1 is 1.33 bits per heavy atom. The summed E-state index contributed by atoms with van der Waals surface area (Å²) in [5, 5.41) is 3.95. The van der Waals surface area contributed by atoms with Gasteiger partial charge in [0.2, 0.25) is 0 Å². The molecule has 1 aromatic heterocycles. The number of benzene rings is 1. The number of hydrogen-bond acceptors (Lipinski definition) is 5. The summed E-state index contributed by atoms with van der Waals surface area (Å²) < 4.78 is 10.5. The monoisotopic (exact) mass is 305 g/mol. The first kappa shape index (κ1) is 15.6. The van der Waals surface area contributed by atoms with Gasteiger partial charge in [-0.25, -0.2) is 4.79 Å². The molecule has 1 aromatic carbocycles. The van der Waals surface area contributed by atoms with Crippen LogP contribution in [0.4, 0.5) is 0 Å². The molecule has 0 aliphatic heterocycles. The molecule has 5 heteroatoms. The van der Waals surface area contributed by atoms with Crippen molar-refractivity contribution in [2.75, 3.05) is 12.4 Å². The van der Waals surface area contributed by atoms with Crippen molar-refractivity contribution in [1.29, 1.82) is 0 Å². The van der Waals surface area contributed by atoms with E-state index in [1.165, 1.54) is 0 Å². The van der Waals surface area contributed by atoms with E-state index in [-0.39, 0.29) is 5.97 Å². The van der Waals surface area contributed by atoms with Crippen molar-refractivity contribution < 1.29 is 14.1 Å². The minimum absolute atomic E-state index is 0.305. The summed E-state index contributed by atoms with van der Waals surface area (Å²) in [5.74, 6) is 1.32. The first-order valence-electron chi connectivity index (χ1n) is 6.95. The summed E-state index contributed by atoms with van der Waals surface area (Å²) in [6, 6.07) is 5.65. The van der Waals surface area contributed by atoms with Gasteiger partial charge in [-0.3, -0.25) is 0 Å². The summed E-state index contributed by atoms with van der Waals surface area (Å²) in [6.45, 7) is 8.05. The summed E-state index contributed by atoms with van der Waals surface area (Å²) in [4.78, 5) is 13.1. The van der Waals surface area contributed by atoms with Crippen molar-refractivity contribution in [1.82, 2.24) is 5.16 Å². The van der Waals surface area contributed by atoms with Gasteiger partial charge in [-0.2, -0.15) is 0 Å². The zero-order valence-electron chi connectivity index (χ0n) is 12.7. The Morgan fingerprint density at radius 3 is 2.67 bits per heavy atom. The van der Waals surface area contributed by atoms with Crippen LogP contribution in [0.2, 0.25) is 0 Å². The number of hydrogen-bond donors (Lipinski definition) is 0. The Labute approximate surface area is 128 Å². The van der Waals surface area contributed by atoms with Gasteiger partial charge in [-0.05, 0) is 44.2 Å². The van der Waals surface area contributed by atoms with Crippen LogP contribution in [0, 0.1) is 13.8 Å². The number of thioether (sulfide) groups is 1. The number of rotatable bonds is 5. The highest BCUT2D eigenvalue weighted by atomic mass is 32.2. The van der Waals surface area contributed by atoms with Gasteiger partial charge in [0.15, 0.2) is 5.76 Å². The topological polar surface area (TPSA) is 52.3 Å². The van der Waals surface area contributed by atoms with Gasteiger partial charge in [0.05, 0.1) is 17.9 Å². The molecule has 0 bridgehead atoms. The van der Waals surface area contributed by atoms with Crippen LogP contribution >= 0.6 is 11.8 Å². The molecule has 112 valence electrons. The van der Waals surface area contributed by atoms with Crippen molar-refractivity contribution in [2.45, 2.75) is 32.6 Å². The second kappa shape index (κ2) is 6.80. The van der Waals surface area contributed by atoms with E-state index in [2.05, 4.69) is 12.1 Å². The standard InChI is InChI=1S/C16H19NO3S/c1-5-19-16(18)12-7-8-14(21-6-2)15(11(12)4)13-9-10(3)17-20-13/h7-9H,5-6H2,1-4H3. The molecule has 0 N–H and O–H groups in total. The van der Waals surface area contributed by atoms with E-state index in [1.54, 1.807) is 18.7 Å². The van der Waals surface area contributed by atoms with E-state index in [1.807, 2.05) is 32.0 Å². The van der Waals surface area contributed by atoms with Crippen LogP contribution < -0.4 is 0 Å². The van der Waals surface area contributed by atoms with Gasteiger partial charge in [0.25, 0.3) is 0 Å². The van der Waals surface area contributed by atoms with Crippen molar-refractivity contribution in [3.05, 3.63) is 35.0 Å². The van der Waals surface area contributed by atoms with Crippen molar-refractivity contribution >= 4 is 17.7 Å². The van der Waals surface area contributed by atoms with Crippen molar-refractivity contribution in [3.8, 4) is 11.3 Å². The first-order chi connectivity index (χ1) is 10.1. The molecule has 0 aliphatic rings. The molecule has 0 saturated carbocycles. The number of ether oxygens (including phenoxy) is 1. The third-order valence-electron chi connectivity index (χ3n) is 3.10. The average Bonchev–Trinajstić information content (AvgIpc) is 2.86. The van der Waals surface area contributed by atoms with E-state index in [0.29, 0.717) is 17.9 Å². The number of carbonyl (C=O) groups excluding carboxylic acids is 1. The highest BCUT2D eigenvalue weighted by Crippen LogP contribution is 2.36. The van der Waals surface area contributed by atoms with Crippen LogP contribution in [0.25, 0.3) is 11.3 Å². The number of esters is 1. The maximum absolute atomic E-state index is 12.0. The zero-order valence-corrected chi connectivity index (χ0v) is 13.5. The summed E-state index contributed by atoms with van der Waals surface area (Å²) in [7, 11) is 0. The Balaban J connectivity index is 2.57. The SMILES string of the molecule is CCOC(=O)c1ccc(SCC)c(-c2cc(C)no2)c1C. The highest BCUT2D eigenvalue weighted by Gasteiger charge is 2.19. The Bertz CT molecular complexity index is 649. The lowest BCUT2D eigenvalue weighted by molar-refractivity contribution is 0.0525. The van der Waals surface area contributed by atoms with E-state index < -0.39 is 0 Å². The van der Waals surface area contributed by atoms with E-state index in [9.17, 15) is 4.79 Å². The molecule has 0 radical (unpaired) electrons. The van der Waals surface area contributed by atoms with E-state index in [4.69, 9.17) is 9.26 Å². The summed E-state index contributed by atoms with van der Waals surface area (Å²) in [5.41, 5.74) is 3.18. The molecule has 1 heterocycles. The van der Waals surface area contributed by atoms with E-state index >= 15 is 0 Å². The van der Waals surface area contributed by atoms with Gasteiger partial charge < -0.3 is 9.26 Å². The third-order valence-corrected chi connectivity index (χ3v) is 4.04. The summed E-state index contributed by atoms with van der Waals surface area (Å²) >= 11 is 1.71. The van der Waals surface area contributed by atoms with Gasteiger partial charge in [-0.15, -0.1) is 11.8 Å². The Morgan fingerprint density at radius 2 is 2.10 bits per heavy atom. The number of aryl methyl sites for hydroxylation is 1. The number of carbonyl (C=O) groups is 1. The van der Waals surface area contributed by atoms with Gasteiger partial charge in [-0.1, -0.05) is 12.1 Å². The molecule has 0 spiro atoms. The lowest BCUT2D eigenvalue weighted by Gasteiger charge is -2.13. The Kier molecular flexibility index (Phi) is 5.07. The average molecular weight is 305 g/mol. The molecule has 0 fully saturated rings. The highest BCUT2D eigenvalue weighted by molar-refractivity contribution is 7.99. The maximum atomic E-state index is 12.0. The minimum Gasteiger partial charge on any atom is -0.462 e. The van der Waals surface area contributed by atoms with Gasteiger partial charge in [0, 0.05) is 16.5 Å². The van der Waals surface area contributed by atoms with Crippen LogP contribution in [0.15, 0.2) is 27.6 Å². The normalized spacial score (nSPS) is 10.7. The molecule has 21 heavy (non-hydrogen) atoms. The smallest absolute Gasteiger partial charge is 0.338 e. The molecule has 0 saturated heterocycles. The Hall–Kier alpha value is -1.75. The zero-order chi connectivity index (χ0) is 15.4. The quantitative estimate of drug-likeness (QED) is 0.610. The first-order valence-corrected chi connectivity index (χ1v) is 7.94. The fourth-order valence-corrected chi connectivity index (χ4v) is 3.05. The maximum Gasteiger partial charge on any atom is 0.338 e. The second-order valence-electron chi connectivity index (χ2n) is 4.60. The molecule has 2 aromatic rings. The van der Waals surface area contributed by atoms with Crippen LogP contribution in [0.3, 0.4) is 0 Å². The van der Waals surface area contributed by atoms with Crippen molar-refractivity contribution in [3.63, 3.8) is 0 Å². The fourth-order valence-electron chi connectivity index (χ4n) is 2.18. The second-order valence-corrected chi connectivity index (χ2v) is 5.90. The molecule has 0 unspecified atom stereocenters. The molecule has 0 aliphatic carbocycles. The van der Waals surface area contributed by atoms with Crippen LogP contribution in [-0.4, -0.2) is 23.5 Å². The molecule has 2 rings (SSSR count). The molecule has 0 amide bonds. The largest absolute Gasteiger partial charge is 0.462 e. The predicted molar refractivity (Wildman–Crippen MR) is 83.8 cm³/mol. The van der Waals surface area contributed by atoms with E-state index in [0.717, 1.165) is 27.5 Å². The van der Waals surface area contributed by atoms with Crippen LogP contribution in [0.5, 0.6) is 0 Å². The van der Waals surface area contributed by atoms with Crippen LogP contribution in [-0.2, 0) is 4.74 Å². The predicted octanol–water partition coefficient (Wildman–Crippen LogP) is 4.25. The van der Waals surface area contributed by atoms with Gasteiger partial charge >= 0.3 is 5.97 Å². The summed E-state index contributed by atoms with van der Waals surface area (Å²) in [6.07, 6.45) is 0. The van der Waals surface area contributed by atoms with Crippen molar-refractivity contribution in [2.24, 2.45) is 0 Å².